The van der Waals surface area contributed by atoms with Crippen molar-refractivity contribution in [2.45, 2.75) is 22.9 Å². The molecule has 0 saturated heterocycles. The second kappa shape index (κ2) is 8.86. The standard InChI is InChI=1S/C16H20N2O8S2/c19-15-3-1-13(27(21,22)23)7-11(15)9-17-5-6-18-10-12-8-14(28(24,25)26)2-4-16(12)20/h1-4,7-8,17-20H,5-6,9-10H2,(H,21,22,23)(H,24,25,26). The van der Waals surface area contributed by atoms with E-state index in [1.807, 2.05) is 0 Å². The van der Waals surface area contributed by atoms with Gasteiger partial charge in [-0.3, -0.25) is 9.11 Å². The predicted molar refractivity (Wildman–Crippen MR) is 99.3 cm³/mol. The van der Waals surface area contributed by atoms with Crippen LogP contribution in [0, 0.1) is 0 Å². The quantitative estimate of drug-likeness (QED) is 0.241. The zero-order chi connectivity index (χ0) is 20.9. The molecule has 12 heteroatoms. The van der Waals surface area contributed by atoms with Gasteiger partial charge in [0, 0.05) is 37.3 Å². The first-order valence-corrected chi connectivity index (χ1v) is 10.9. The maximum Gasteiger partial charge on any atom is 0.294 e. The second-order valence-corrected chi connectivity index (χ2v) is 8.73. The Morgan fingerprint density at radius 1 is 0.679 bits per heavy atom. The summed E-state index contributed by atoms with van der Waals surface area (Å²) < 4.78 is 62.6. The molecule has 2 aromatic rings. The van der Waals surface area contributed by atoms with Crippen molar-refractivity contribution >= 4 is 20.2 Å². The van der Waals surface area contributed by atoms with Gasteiger partial charge in [-0.1, -0.05) is 0 Å². The van der Waals surface area contributed by atoms with E-state index < -0.39 is 20.2 Å². The van der Waals surface area contributed by atoms with Gasteiger partial charge < -0.3 is 20.8 Å². The number of hydrogen-bond donors (Lipinski definition) is 6. The highest BCUT2D eigenvalue weighted by molar-refractivity contribution is 7.86. The maximum absolute atomic E-state index is 11.1. The molecule has 0 aliphatic carbocycles. The fourth-order valence-electron chi connectivity index (χ4n) is 2.35. The average Bonchev–Trinajstić information content (AvgIpc) is 2.58. The summed E-state index contributed by atoms with van der Waals surface area (Å²) in [7, 11) is -8.73. The Labute approximate surface area is 162 Å². The predicted octanol–water partition coefficient (Wildman–Crippen LogP) is 0.471. The Morgan fingerprint density at radius 3 is 1.36 bits per heavy atom. The largest absolute Gasteiger partial charge is 0.508 e. The molecule has 0 aromatic heterocycles. The average molecular weight is 432 g/mol. The van der Waals surface area contributed by atoms with Crippen LogP contribution in [0.5, 0.6) is 11.5 Å². The molecule has 0 amide bonds. The van der Waals surface area contributed by atoms with E-state index in [9.17, 15) is 27.0 Å². The lowest BCUT2D eigenvalue weighted by atomic mass is 10.2. The topological polar surface area (TPSA) is 173 Å². The Balaban J connectivity index is 1.85. The third-order valence-corrected chi connectivity index (χ3v) is 5.51. The molecule has 0 heterocycles. The maximum atomic E-state index is 11.1. The number of nitrogens with one attached hydrogen (secondary N) is 2. The van der Waals surface area contributed by atoms with Gasteiger partial charge in [0.15, 0.2) is 0 Å². The normalized spacial score (nSPS) is 12.2. The van der Waals surface area contributed by atoms with Crippen LogP contribution in [0.15, 0.2) is 46.2 Å². The van der Waals surface area contributed by atoms with E-state index in [1.54, 1.807) is 0 Å². The molecule has 28 heavy (non-hydrogen) atoms. The van der Waals surface area contributed by atoms with Crippen LogP contribution in [0.1, 0.15) is 11.1 Å². The number of rotatable bonds is 9. The Kier molecular flexibility index (Phi) is 6.98. The summed E-state index contributed by atoms with van der Waals surface area (Å²) in [6, 6.07) is 6.83. The zero-order valence-electron chi connectivity index (χ0n) is 14.5. The van der Waals surface area contributed by atoms with Crippen molar-refractivity contribution in [3.63, 3.8) is 0 Å². The fourth-order valence-corrected chi connectivity index (χ4v) is 3.41. The SMILES string of the molecule is O=S(=O)(O)c1ccc(O)c(CNCCNCc2cc(S(=O)(=O)O)ccc2O)c1. The van der Waals surface area contributed by atoms with Gasteiger partial charge in [-0.25, -0.2) is 0 Å². The molecule has 0 spiro atoms. The molecule has 0 aliphatic rings. The van der Waals surface area contributed by atoms with Gasteiger partial charge in [-0.05, 0) is 36.4 Å². The molecule has 6 N–H and O–H groups in total. The van der Waals surface area contributed by atoms with E-state index in [4.69, 9.17) is 9.11 Å². The molecule has 10 nitrogen and oxygen atoms in total. The molecule has 0 aliphatic heterocycles. The molecule has 0 saturated carbocycles. The van der Waals surface area contributed by atoms with Gasteiger partial charge in [-0.15, -0.1) is 0 Å². The molecular weight excluding hydrogens is 412 g/mol. The lowest BCUT2D eigenvalue weighted by Crippen LogP contribution is -2.27. The van der Waals surface area contributed by atoms with Gasteiger partial charge in [-0.2, -0.15) is 16.8 Å². The third kappa shape index (κ3) is 6.15. The monoisotopic (exact) mass is 432 g/mol. The molecule has 0 unspecified atom stereocenters. The van der Waals surface area contributed by atoms with Crippen LogP contribution in [-0.2, 0) is 33.3 Å². The van der Waals surface area contributed by atoms with Crippen molar-refractivity contribution in [1.82, 2.24) is 10.6 Å². The summed E-state index contributed by atoms with van der Waals surface area (Å²) in [6.45, 7) is 1.07. The molecule has 0 bridgehead atoms. The first kappa shape index (κ1) is 22.1. The molecule has 0 atom stereocenters. The first-order valence-electron chi connectivity index (χ1n) is 7.98. The van der Waals surface area contributed by atoms with Crippen molar-refractivity contribution in [2.24, 2.45) is 0 Å². The van der Waals surface area contributed by atoms with E-state index in [0.717, 1.165) is 24.3 Å². The first-order chi connectivity index (χ1) is 13.0. The fraction of sp³-hybridized carbons (Fsp3) is 0.250. The summed E-state index contributed by atoms with van der Waals surface area (Å²) in [4.78, 5) is -0.649. The van der Waals surface area contributed by atoms with Crippen LogP contribution in [-0.4, -0.2) is 49.2 Å². The zero-order valence-corrected chi connectivity index (χ0v) is 16.2. The van der Waals surface area contributed by atoms with E-state index >= 15 is 0 Å². The van der Waals surface area contributed by atoms with E-state index in [0.29, 0.717) is 13.1 Å². The molecule has 0 radical (unpaired) electrons. The van der Waals surface area contributed by atoms with Crippen molar-refractivity contribution in [1.29, 1.82) is 0 Å². The van der Waals surface area contributed by atoms with Crippen LogP contribution < -0.4 is 10.6 Å². The van der Waals surface area contributed by atoms with Gasteiger partial charge in [0.05, 0.1) is 9.79 Å². The van der Waals surface area contributed by atoms with Crippen molar-refractivity contribution < 1.29 is 36.2 Å². The second-order valence-electron chi connectivity index (χ2n) is 5.88. The summed E-state index contributed by atoms with van der Waals surface area (Å²) >= 11 is 0. The van der Waals surface area contributed by atoms with Gasteiger partial charge in [0.2, 0.25) is 0 Å². The highest BCUT2D eigenvalue weighted by Gasteiger charge is 2.13. The van der Waals surface area contributed by atoms with E-state index in [2.05, 4.69) is 10.6 Å². The van der Waals surface area contributed by atoms with Gasteiger partial charge >= 0.3 is 0 Å². The lowest BCUT2D eigenvalue weighted by molar-refractivity contribution is 0.458. The molecule has 154 valence electrons. The van der Waals surface area contributed by atoms with Crippen molar-refractivity contribution in [2.75, 3.05) is 13.1 Å². The molecule has 2 rings (SSSR count). The third-order valence-electron chi connectivity index (χ3n) is 3.81. The van der Waals surface area contributed by atoms with Crippen LogP contribution >= 0.6 is 0 Å². The minimum Gasteiger partial charge on any atom is -0.508 e. The Bertz CT molecular complexity index is 967. The number of phenolic OH excluding ortho intramolecular Hbond substituents is 2. The number of benzene rings is 2. The van der Waals surface area contributed by atoms with Crippen molar-refractivity contribution in [3.05, 3.63) is 47.5 Å². The minimum atomic E-state index is -4.37. The number of phenols is 2. The molecule has 0 fully saturated rings. The Hall–Kier alpha value is -2.22. The Morgan fingerprint density at radius 2 is 1.04 bits per heavy atom. The van der Waals surface area contributed by atoms with Crippen LogP contribution in [0.3, 0.4) is 0 Å². The summed E-state index contributed by atoms with van der Waals surface area (Å²) in [5.74, 6) is -0.250. The summed E-state index contributed by atoms with van der Waals surface area (Å²) in [5, 5.41) is 25.4. The number of hydrogen-bond acceptors (Lipinski definition) is 8. The molecular formula is C16H20N2O8S2. The highest BCUT2D eigenvalue weighted by atomic mass is 32.2. The van der Waals surface area contributed by atoms with Crippen LogP contribution in [0.4, 0.5) is 0 Å². The van der Waals surface area contributed by atoms with Crippen LogP contribution in [0.2, 0.25) is 0 Å². The van der Waals surface area contributed by atoms with Crippen LogP contribution in [0.25, 0.3) is 0 Å². The minimum absolute atomic E-state index is 0.125. The summed E-state index contributed by atoms with van der Waals surface area (Å²) in [5.41, 5.74) is 0.572. The van der Waals surface area contributed by atoms with Crippen molar-refractivity contribution in [3.8, 4) is 11.5 Å². The number of aromatic hydroxyl groups is 2. The van der Waals surface area contributed by atoms with E-state index in [1.165, 1.54) is 12.1 Å². The molecule has 2 aromatic carbocycles. The smallest absolute Gasteiger partial charge is 0.294 e. The highest BCUT2D eigenvalue weighted by Crippen LogP contribution is 2.22. The summed E-state index contributed by atoms with van der Waals surface area (Å²) in [6.07, 6.45) is 0. The van der Waals surface area contributed by atoms with E-state index in [-0.39, 0.29) is 45.5 Å². The van der Waals surface area contributed by atoms with Gasteiger partial charge in [0.1, 0.15) is 11.5 Å². The van der Waals surface area contributed by atoms with Gasteiger partial charge in [0.25, 0.3) is 20.2 Å². The lowest BCUT2D eigenvalue weighted by Gasteiger charge is -2.10.